The van der Waals surface area contributed by atoms with Crippen molar-refractivity contribution in [3.05, 3.63) is 69.3 Å². The molecule has 1 aromatic heterocycles. The van der Waals surface area contributed by atoms with E-state index >= 15 is 0 Å². The van der Waals surface area contributed by atoms with Crippen LogP contribution in [0.25, 0.3) is 10.9 Å². The van der Waals surface area contributed by atoms with Crippen LogP contribution >= 0.6 is 15.9 Å². The Balaban J connectivity index is 2.17. The quantitative estimate of drug-likeness (QED) is 0.675. The summed E-state index contributed by atoms with van der Waals surface area (Å²) in [6.07, 6.45) is 1.79. The summed E-state index contributed by atoms with van der Waals surface area (Å²) in [5, 5.41) is 0.949. The average Bonchev–Trinajstić information content (AvgIpc) is 2.83. The largest absolute Gasteiger partial charge is 0.360 e. The number of halogens is 1. The molecule has 0 radical (unpaired) electrons. The second kappa shape index (κ2) is 4.91. The Hall–Kier alpha value is -1.87. The molecule has 0 spiro atoms. The van der Waals surface area contributed by atoms with Gasteiger partial charge in [0.15, 0.2) is 5.78 Å². The minimum Gasteiger partial charge on any atom is -0.360 e. The zero-order valence-electron chi connectivity index (χ0n) is 11.3. The molecule has 0 saturated carbocycles. The van der Waals surface area contributed by atoms with E-state index < -0.39 is 0 Å². The topological polar surface area (TPSA) is 32.9 Å². The predicted octanol–water partition coefficient (Wildman–Crippen LogP) is 4.78. The minimum atomic E-state index is 0.0653. The lowest BCUT2D eigenvalue weighted by Crippen LogP contribution is -2.03. The summed E-state index contributed by atoms with van der Waals surface area (Å²) < 4.78 is 0.972. The lowest BCUT2D eigenvalue weighted by atomic mass is 9.97. The van der Waals surface area contributed by atoms with Crippen molar-refractivity contribution in [1.82, 2.24) is 4.98 Å². The van der Waals surface area contributed by atoms with Gasteiger partial charge in [-0.3, -0.25) is 4.79 Å². The molecule has 3 rings (SSSR count). The molecular formula is C17H14BrNO. The van der Waals surface area contributed by atoms with Crippen LogP contribution in [0.2, 0.25) is 0 Å². The van der Waals surface area contributed by atoms with E-state index in [1.807, 2.05) is 50.2 Å². The number of ketones is 1. The number of carbonyl (C=O) groups is 1. The Morgan fingerprint density at radius 3 is 2.65 bits per heavy atom. The molecule has 100 valence electrons. The van der Waals surface area contributed by atoms with Gasteiger partial charge in [0.25, 0.3) is 0 Å². The fourth-order valence-electron chi connectivity index (χ4n) is 2.41. The number of nitrogens with one attached hydrogen (secondary N) is 1. The Bertz CT molecular complexity index is 817. The van der Waals surface area contributed by atoms with Crippen molar-refractivity contribution in [2.45, 2.75) is 13.8 Å². The number of aromatic nitrogens is 1. The summed E-state index contributed by atoms with van der Waals surface area (Å²) in [5.74, 6) is 0.0653. The number of aryl methyl sites for hydroxylation is 2. The van der Waals surface area contributed by atoms with Gasteiger partial charge in [0, 0.05) is 32.7 Å². The standard InChI is InChI=1S/C17H14BrNO/c1-10-3-4-11(2)13(7-10)17(20)15-9-19-16-6-5-12(18)8-14(15)16/h3-9,19H,1-2H3. The van der Waals surface area contributed by atoms with E-state index in [4.69, 9.17) is 0 Å². The van der Waals surface area contributed by atoms with E-state index in [0.717, 1.165) is 37.6 Å². The molecular weight excluding hydrogens is 314 g/mol. The molecule has 0 atom stereocenters. The number of rotatable bonds is 2. The summed E-state index contributed by atoms with van der Waals surface area (Å²) in [6.45, 7) is 3.97. The lowest BCUT2D eigenvalue weighted by molar-refractivity contribution is 0.103. The summed E-state index contributed by atoms with van der Waals surface area (Å²) in [6, 6.07) is 11.9. The molecule has 3 aromatic rings. The Morgan fingerprint density at radius 1 is 1.05 bits per heavy atom. The zero-order valence-corrected chi connectivity index (χ0v) is 12.9. The Kier molecular flexibility index (Phi) is 3.22. The van der Waals surface area contributed by atoms with Gasteiger partial charge in [0.2, 0.25) is 0 Å². The predicted molar refractivity (Wildman–Crippen MR) is 85.3 cm³/mol. The summed E-state index contributed by atoms with van der Waals surface area (Å²) in [7, 11) is 0. The van der Waals surface area contributed by atoms with Crippen molar-refractivity contribution in [3.63, 3.8) is 0 Å². The normalized spacial score (nSPS) is 10.9. The molecule has 0 amide bonds. The smallest absolute Gasteiger partial charge is 0.195 e. The van der Waals surface area contributed by atoms with Gasteiger partial charge in [-0.1, -0.05) is 33.6 Å². The highest BCUT2D eigenvalue weighted by Gasteiger charge is 2.16. The number of hydrogen-bond donors (Lipinski definition) is 1. The summed E-state index contributed by atoms with van der Waals surface area (Å²) in [5.41, 5.74) is 4.56. The van der Waals surface area contributed by atoms with Gasteiger partial charge >= 0.3 is 0 Å². The highest BCUT2D eigenvalue weighted by atomic mass is 79.9. The average molecular weight is 328 g/mol. The minimum absolute atomic E-state index is 0.0653. The van der Waals surface area contributed by atoms with Crippen molar-refractivity contribution < 1.29 is 4.79 Å². The molecule has 0 unspecified atom stereocenters. The SMILES string of the molecule is Cc1ccc(C)c(C(=O)c2c[nH]c3ccc(Br)cc23)c1. The number of hydrogen-bond acceptors (Lipinski definition) is 1. The molecule has 0 fully saturated rings. The van der Waals surface area contributed by atoms with Crippen LogP contribution in [0.1, 0.15) is 27.0 Å². The van der Waals surface area contributed by atoms with Gasteiger partial charge in [-0.05, 0) is 43.7 Å². The second-order valence-electron chi connectivity index (χ2n) is 5.04. The molecule has 1 N–H and O–H groups in total. The lowest BCUT2D eigenvalue weighted by Gasteiger charge is -2.05. The van der Waals surface area contributed by atoms with Crippen LogP contribution in [0.15, 0.2) is 47.1 Å². The summed E-state index contributed by atoms with van der Waals surface area (Å²) in [4.78, 5) is 15.9. The van der Waals surface area contributed by atoms with Crippen LogP contribution in [-0.4, -0.2) is 10.8 Å². The van der Waals surface area contributed by atoms with Crippen LogP contribution in [0.3, 0.4) is 0 Å². The van der Waals surface area contributed by atoms with E-state index in [-0.39, 0.29) is 5.78 Å². The van der Waals surface area contributed by atoms with Crippen LogP contribution in [-0.2, 0) is 0 Å². The first kappa shape index (κ1) is 13.1. The van der Waals surface area contributed by atoms with E-state index in [1.54, 1.807) is 6.20 Å². The number of aromatic amines is 1. The highest BCUT2D eigenvalue weighted by Crippen LogP contribution is 2.25. The van der Waals surface area contributed by atoms with Gasteiger partial charge in [-0.25, -0.2) is 0 Å². The third kappa shape index (κ3) is 2.18. The number of benzene rings is 2. The van der Waals surface area contributed by atoms with Crippen molar-refractivity contribution >= 4 is 32.6 Å². The van der Waals surface area contributed by atoms with Crippen LogP contribution < -0.4 is 0 Å². The molecule has 1 heterocycles. The van der Waals surface area contributed by atoms with Gasteiger partial charge in [0.05, 0.1) is 0 Å². The molecule has 0 aliphatic heterocycles. The molecule has 0 bridgehead atoms. The fraction of sp³-hybridized carbons (Fsp3) is 0.118. The zero-order chi connectivity index (χ0) is 14.3. The molecule has 0 aliphatic carbocycles. The first-order valence-electron chi connectivity index (χ1n) is 6.45. The maximum atomic E-state index is 12.8. The maximum absolute atomic E-state index is 12.8. The van der Waals surface area contributed by atoms with Gasteiger partial charge in [-0.15, -0.1) is 0 Å². The van der Waals surface area contributed by atoms with E-state index in [9.17, 15) is 4.79 Å². The molecule has 2 nitrogen and oxygen atoms in total. The molecule has 3 heteroatoms. The number of H-pyrrole nitrogens is 1. The molecule has 0 aliphatic rings. The van der Waals surface area contributed by atoms with Crippen molar-refractivity contribution in [2.75, 3.05) is 0 Å². The highest BCUT2D eigenvalue weighted by molar-refractivity contribution is 9.10. The maximum Gasteiger partial charge on any atom is 0.195 e. The van der Waals surface area contributed by atoms with Crippen molar-refractivity contribution in [3.8, 4) is 0 Å². The van der Waals surface area contributed by atoms with Gasteiger partial charge in [-0.2, -0.15) is 0 Å². The Morgan fingerprint density at radius 2 is 1.85 bits per heavy atom. The van der Waals surface area contributed by atoms with E-state index in [2.05, 4.69) is 20.9 Å². The Labute approximate surface area is 126 Å². The third-order valence-electron chi connectivity index (χ3n) is 3.53. The molecule has 0 saturated heterocycles. The van der Waals surface area contributed by atoms with Gasteiger partial charge in [0.1, 0.15) is 0 Å². The van der Waals surface area contributed by atoms with Crippen LogP contribution in [0, 0.1) is 13.8 Å². The molecule has 2 aromatic carbocycles. The fourth-order valence-corrected chi connectivity index (χ4v) is 2.77. The summed E-state index contributed by atoms with van der Waals surface area (Å²) >= 11 is 3.46. The van der Waals surface area contributed by atoms with Crippen molar-refractivity contribution in [1.29, 1.82) is 0 Å². The second-order valence-corrected chi connectivity index (χ2v) is 5.96. The number of fused-ring (bicyclic) bond motifs is 1. The first-order chi connectivity index (χ1) is 9.56. The first-order valence-corrected chi connectivity index (χ1v) is 7.24. The van der Waals surface area contributed by atoms with Crippen LogP contribution in [0.4, 0.5) is 0 Å². The van der Waals surface area contributed by atoms with Crippen molar-refractivity contribution in [2.24, 2.45) is 0 Å². The monoisotopic (exact) mass is 327 g/mol. The number of carbonyl (C=O) groups excluding carboxylic acids is 1. The van der Waals surface area contributed by atoms with Crippen LogP contribution in [0.5, 0.6) is 0 Å². The van der Waals surface area contributed by atoms with E-state index in [0.29, 0.717) is 0 Å². The molecule has 20 heavy (non-hydrogen) atoms. The van der Waals surface area contributed by atoms with E-state index in [1.165, 1.54) is 0 Å². The van der Waals surface area contributed by atoms with Gasteiger partial charge < -0.3 is 4.98 Å². The third-order valence-corrected chi connectivity index (χ3v) is 4.02.